The van der Waals surface area contributed by atoms with Crippen molar-refractivity contribution in [2.24, 2.45) is 23.3 Å². The first kappa shape index (κ1) is 25.3. The lowest BCUT2D eigenvalue weighted by atomic mass is 10.0. The molecule has 1 saturated carbocycles. The van der Waals surface area contributed by atoms with Crippen LogP contribution in [0.15, 0.2) is 71.9 Å². The zero-order chi connectivity index (χ0) is 28.5. The summed E-state index contributed by atoms with van der Waals surface area (Å²) in [7, 11) is 0. The third kappa shape index (κ3) is 4.47. The fourth-order valence-electron chi connectivity index (χ4n) is 6.39. The van der Waals surface area contributed by atoms with Crippen LogP contribution in [-0.4, -0.2) is 42.0 Å². The van der Waals surface area contributed by atoms with Crippen molar-refractivity contribution in [1.29, 1.82) is 0 Å². The summed E-state index contributed by atoms with van der Waals surface area (Å²) in [5.74, 6) is 3.26. The Morgan fingerprint density at radius 1 is 0.714 bits per heavy atom. The molecule has 8 nitrogen and oxygen atoms in total. The van der Waals surface area contributed by atoms with E-state index >= 15 is 0 Å². The van der Waals surface area contributed by atoms with E-state index in [1.807, 2.05) is 6.20 Å². The van der Waals surface area contributed by atoms with Gasteiger partial charge in [-0.15, -0.1) is 0 Å². The fourth-order valence-corrected chi connectivity index (χ4v) is 6.39. The lowest BCUT2D eigenvalue weighted by Gasteiger charge is -2.06. The Bertz CT molecular complexity index is 2020. The first-order valence-corrected chi connectivity index (χ1v) is 14.9. The van der Waals surface area contributed by atoms with Crippen LogP contribution in [0.3, 0.4) is 0 Å². The Labute approximate surface area is 243 Å². The Hall–Kier alpha value is -4.40. The van der Waals surface area contributed by atoms with Crippen LogP contribution in [0, 0.1) is 11.8 Å². The molecule has 0 radical (unpaired) electrons. The third-order valence-electron chi connectivity index (χ3n) is 9.48. The highest BCUT2D eigenvalue weighted by Crippen LogP contribution is 2.40. The molecule has 2 aliphatic rings. The van der Waals surface area contributed by atoms with Crippen LogP contribution < -0.4 is 11.5 Å². The molecule has 42 heavy (non-hydrogen) atoms. The van der Waals surface area contributed by atoms with Crippen molar-refractivity contribution < 1.29 is 0 Å². The zero-order valence-electron chi connectivity index (χ0n) is 23.9. The highest BCUT2D eigenvalue weighted by atomic mass is 14.9. The van der Waals surface area contributed by atoms with Crippen molar-refractivity contribution in [2.45, 2.75) is 51.6 Å². The van der Waals surface area contributed by atoms with Crippen LogP contribution in [0.5, 0.6) is 0 Å². The second-order valence-electron chi connectivity index (χ2n) is 12.1. The summed E-state index contributed by atoms with van der Waals surface area (Å²) in [4.78, 5) is 26.3. The van der Waals surface area contributed by atoms with Crippen molar-refractivity contribution in [3.8, 4) is 22.4 Å². The predicted molar refractivity (Wildman–Crippen MR) is 168 cm³/mol. The van der Waals surface area contributed by atoms with Gasteiger partial charge in [0.2, 0.25) is 0 Å². The van der Waals surface area contributed by atoms with Gasteiger partial charge < -0.3 is 21.4 Å². The van der Waals surface area contributed by atoms with Crippen molar-refractivity contribution in [3.63, 3.8) is 0 Å². The molecule has 6 N–H and O–H groups in total. The molecule has 8 heteroatoms. The zero-order valence-corrected chi connectivity index (χ0v) is 23.9. The van der Waals surface area contributed by atoms with E-state index in [0.29, 0.717) is 17.9 Å². The minimum absolute atomic E-state index is 0.187. The standard InChI is InChI=1S/C34H34N8/c1-17-22(33(17)35)6-11-31-39-25-9-4-20(14-28(25)41-31)19-3-8-24-27(13-19)37-16-30(38-24)21-5-10-26-29(15-21)42-32(40-26)12-7-23-18(2)34(23)36/h3-5,8-10,13-16,18,23,33-34H,6-7,11-12,35-36H2,1-2H3,(H,39,41)(H,40,42)/t18-,23+,33-,34-/m1/s1. The number of hydrogen-bond donors (Lipinski definition) is 4. The number of benzene rings is 3. The molecule has 4 atom stereocenters. The van der Waals surface area contributed by atoms with Gasteiger partial charge in [0.25, 0.3) is 0 Å². The quantitative estimate of drug-likeness (QED) is 0.175. The predicted octanol–water partition coefficient (Wildman–Crippen LogP) is 5.83. The second kappa shape index (κ2) is 9.58. The summed E-state index contributed by atoms with van der Waals surface area (Å²) in [5.41, 5.74) is 24.7. The number of imidazole rings is 2. The molecule has 3 aromatic carbocycles. The summed E-state index contributed by atoms with van der Waals surface area (Å²) >= 11 is 0. The van der Waals surface area contributed by atoms with Gasteiger partial charge in [-0.2, -0.15) is 0 Å². The highest BCUT2D eigenvalue weighted by molar-refractivity contribution is 5.87. The first-order valence-electron chi connectivity index (χ1n) is 14.9. The molecule has 0 saturated heterocycles. The van der Waals surface area contributed by atoms with Crippen LogP contribution in [0.25, 0.3) is 55.5 Å². The average molecular weight is 555 g/mol. The van der Waals surface area contributed by atoms with Crippen LogP contribution in [0.1, 0.15) is 38.3 Å². The Morgan fingerprint density at radius 2 is 1.31 bits per heavy atom. The van der Waals surface area contributed by atoms with Crippen LogP contribution >= 0.6 is 0 Å². The van der Waals surface area contributed by atoms with Crippen molar-refractivity contribution in [3.05, 3.63) is 83.6 Å². The molecule has 0 amide bonds. The van der Waals surface area contributed by atoms with Gasteiger partial charge in [-0.25, -0.2) is 15.0 Å². The molecular weight excluding hydrogens is 520 g/mol. The monoisotopic (exact) mass is 554 g/mol. The summed E-state index contributed by atoms with van der Waals surface area (Å²) in [5, 5.41) is 0. The maximum Gasteiger partial charge on any atom is 0.107 e. The van der Waals surface area contributed by atoms with E-state index in [1.165, 1.54) is 11.1 Å². The number of fused-ring (bicyclic) bond motifs is 3. The minimum Gasteiger partial charge on any atom is -0.342 e. The normalized spacial score (nSPS) is 21.6. The topological polar surface area (TPSA) is 135 Å². The minimum atomic E-state index is 0.187. The number of aryl methyl sites for hydroxylation is 2. The lowest BCUT2D eigenvalue weighted by Crippen LogP contribution is -2.05. The van der Waals surface area contributed by atoms with Crippen LogP contribution in [0.4, 0.5) is 0 Å². The van der Waals surface area contributed by atoms with E-state index in [1.54, 1.807) is 0 Å². The van der Waals surface area contributed by atoms with Crippen molar-refractivity contribution in [2.75, 3.05) is 0 Å². The molecule has 3 heterocycles. The van der Waals surface area contributed by atoms with Gasteiger partial charge in [0, 0.05) is 30.5 Å². The van der Waals surface area contributed by atoms with E-state index in [0.717, 1.165) is 92.8 Å². The Balaban J connectivity index is 1.01. The molecule has 0 unspecified atom stereocenters. The van der Waals surface area contributed by atoms with E-state index in [9.17, 15) is 0 Å². The summed E-state index contributed by atoms with van der Waals surface area (Å²) in [6.07, 6.45) is 5.71. The smallest absolute Gasteiger partial charge is 0.107 e. The number of aromatic amines is 2. The SMILES string of the molecule is CC1=C(CCc2nc3ccc(-c4ccc5nc(-c6ccc7nc(CC[C@H]8[C@@H](C)[C@H]8N)[nH]c7c6)cnc5c4)cc3[nH]2)[C@@H]1N. The van der Waals surface area contributed by atoms with Gasteiger partial charge in [0.1, 0.15) is 11.6 Å². The number of hydrogen-bond acceptors (Lipinski definition) is 6. The molecule has 1 fully saturated rings. The van der Waals surface area contributed by atoms with Gasteiger partial charge in [-0.3, -0.25) is 4.98 Å². The molecule has 0 aliphatic heterocycles. The van der Waals surface area contributed by atoms with Crippen LogP contribution in [0.2, 0.25) is 0 Å². The number of nitrogens with one attached hydrogen (secondary N) is 2. The highest BCUT2D eigenvalue weighted by Gasteiger charge is 2.42. The maximum absolute atomic E-state index is 6.11. The summed E-state index contributed by atoms with van der Waals surface area (Å²) < 4.78 is 0. The number of aromatic nitrogens is 6. The summed E-state index contributed by atoms with van der Waals surface area (Å²) in [6.45, 7) is 4.34. The molecule has 2 aliphatic carbocycles. The number of rotatable bonds is 8. The van der Waals surface area contributed by atoms with Gasteiger partial charge in [-0.1, -0.05) is 30.7 Å². The van der Waals surface area contributed by atoms with Gasteiger partial charge in [0.05, 0.1) is 45.0 Å². The molecule has 210 valence electrons. The van der Waals surface area contributed by atoms with Crippen molar-refractivity contribution >= 4 is 33.1 Å². The molecule has 0 bridgehead atoms. The van der Waals surface area contributed by atoms with E-state index in [4.69, 9.17) is 31.4 Å². The Kier molecular flexibility index (Phi) is 5.77. The van der Waals surface area contributed by atoms with Crippen LogP contribution in [-0.2, 0) is 12.8 Å². The fraction of sp³-hybridized carbons (Fsp3) is 0.294. The molecule has 0 spiro atoms. The van der Waals surface area contributed by atoms with Crippen molar-refractivity contribution in [1.82, 2.24) is 29.9 Å². The first-order chi connectivity index (χ1) is 20.4. The second-order valence-corrected chi connectivity index (χ2v) is 12.1. The maximum atomic E-state index is 6.11. The van der Waals surface area contributed by atoms with Gasteiger partial charge in [-0.05, 0) is 84.7 Å². The van der Waals surface area contributed by atoms with E-state index < -0.39 is 0 Å². The number of nitrogens with zero attached hydrogens (tertiary/aromatic N) is 4. The Morgan fingerprint density at radius 3 is 1.98 bits per heavy atom. The molecule has 8 rings (SSSR count). The number of nitrogens with two attached hydrogens (primary N) is 2. The molecular formula is C34H34N8. The number of H-pyrrole nitrogens is 2. The van der Waals surface area contributed by atoms with E-state index in [-0.39, 0.29) is 6.04 Å². The van der Waals surface area contributed by atoms with E-state index in [2.05, 4.69) is 78.4 Å². The summed E-state index contributed by atoms with van der Waals surface area (Å²) in [6, 6.07) is 19.4. The lowest BCUT2D eigenvalue weighted by molar-refractivity contribution is 0.652. The van der Waals surface area contributed by atoms with Gasteiger partial charge >= 0.3 is 0 Å². The molecule has 3 aromatic heterocycles. The van der Waals surface area contributed by atoms with Gasteiger partial charge in [0.15, 0.2) is 0 Å². The third-order valence-corrected chi connectivity index (χ3v) is 9.48. The largest absolute Gasteiger partial charge is 0.342 e. The molecule has 6 aromatic rings. The average Bonchev–Trinajstić information content (AvgIpc) is 3.55.